The Morgan fingerprint density at radius 3 is 2.81 bits per heavy atom. The molecule has 3 heterocycles. The minimum absolute atomic E-state index is 0.109. The van der Waals surface area contributed by atoms with Gasteiger partial charge in [0.2, 0.25) is 5.75 Å². The molecule has 2 aromatic heterocycles. The van der Waals surface area contributed by atoms with Gasteiger partial charge in [-0.1, -0.05) is 38.3 Å². The van der Waals surface area contributed by atoms with Crippen LogP contribution in [0.1, 0.15) is 51.3 Å². The summed E-state index contributed by atoms with van der Waals surface area (Å²) in [4.78, 5) is 16.3. The van der Waals surface area contributed by atoms with Gasteiger partial charge in [-0.05, 0) is 37.6 Å². The molecule has 1 saturated heterocycles. The SMILES string of the molecule is CCCCCCOC(=O)[C@H](C)Nc1ccccc1O[P+](=O)OC[C@@]1(CF)O[C@@H](c2ccc3c(N)ncnn23)[C@H](O)[C@@H]1O. The highest BCUT2D eigenvalue weighted by Crippen LogP contribution is 2.43. The lowest BCUT2D eigenvalue weighted by atomic mass is 9.96. The van der Waals surface area contributed by atoms with Crippen molar-refractivity contribution in [1.82, 2.24) is 14.6 Å². The van der Waals surface area contributed by atoms with Crippen molar-refractivity contribution in [2.45, 2.75) is 69.5 Å². The number of aliphatic hydroxyl groups is 2. The largest absolute Gasteiger partial charge is 0.750 e. The van der Waals surface area contributed by atoms with Crippen LogP contribution in [0.4, 0.5) is 15.9 Å². The number of nitrogen functional groups attached to an aromatic ring is 1. The number of hydrogen-bond acceptors (Lipinski definition) is 12. The number of nitrogens with zero attached hydrogens (tertiary/aromatic N) is 3. The number of alkyl halides is 1. The van der Waals surface area contributed by atoms with E-state index in [2.05, 4.69) is 22.3 Å². The molecule has 1 aromatic carbocycles. The summed E-state index contributed by atoms with van der Waals surface area (Å²) in [6, 6.07) is 8.90. The molecule has 5 N–H and O–H groups in total. The zero-order chi connectivity index (χ0) is 30.3. The molecule has 1 aliphatic rings. The fourth-order valence-electron chi connectivity index (χ4n) is 4.61. The molecule has 1 unspecified atom stereocenters. The van der Waals surface area contributed by atoms with E-state index < -0.39 is 57.5 Å². The summed E-state index contributed by atoms with van der Waals surface area (Å²) in [6.45, 7) is 2.08. The Labute approximate surface area is 243 Å². The van der Waals surface area contributed by atoms with Crippen LogP contribution in [0.15, 0.2) is 42.7 Å². The van der Waals surface area contributed by atoms with Crippen LogP contribution < -0.4 is 15.6 Å². The third kappa shape index (κ3) is 6.96. The molecule has 42 heavy (non-hydrogen) atoms. The highest BCUT2D eigenvalue weighted by atomic mass is 31.1. The van der Waals surface area contributed by atoms with Gasteiger partial charge in [0, 0.05) is 4.57 Å². The monoisotopic (exact) mass is 608 g/mol. The minimum atomic E-state index is -2.90. The summed E-state index contributed by atoms with van der Waals surface area (Å²) in [5, 5.41) is 28.6. The van der Waals surface area contributed by atoms with Crippen molar-refractivity contribution in [3.63, 3.8) is 0 Å². The number of halogens is 1. The van der Waals surface area contributed by atoms with E-state index in [4.69, 9.17) is 24.3 Å². The number of fused-ring (bicyclic) bond motifs is 1. The molecule has 0 radical (unpaired) electrons. The van der Waals surface area contributed by atoms with Crippen molar-refractivity contribution in [2.75, 3.05) is 30.9 Å². The summed E-state index contributed by atoms with van der Waals surface area (Å²) < 4.78 is 50.3. The number of nitrogens with two attached hydrogens (primary N) is 1. The van der Waals surface area contributed by atoms with E-state index in [0.717, 1.165) is 25.7 Å². The Balaban J connectivity index is 1.37. The third-order valence-corrected chi connectivity index (χ3v) is 7.69. The van der Waals surface area contributed by atoms with E-state index in [0.29, 0.717) is 23.5 Å². The summed E-state index contributed by atoms with van der Waals surface area (Å²) in [5.74, 6) is -0.155. The van der Waals surface area contributed by atoms with Crippen LogP contribution in [0.5, 0.6) is 5.75 Å². The second-order valence-electron chi connectivity index (χ2n) is 10.1. The Morgan fingerprint density at radius 1 is 1.26 bits per heavy atom. The van der Waals surface area contributed by atoms with E-state index in [1.807, 2.05) is 0 Å². The molecule has 6 atom stereocenters. The zero-order valence-electron chi connectivity index (χ0n) is 23.4. The summed E-state index contributed by atoms with van der Waals surface area (Å²) in [7, 11) is -2.90. The Hall–Kier alpha value is -3.42. The number of anilines is 2. The minimum Gasteiger partial charge on any atom is -0.464 e. The van der Waals surface area contributed by atoms with Crippen LogP contribution in [0.2, 0.25) is 0 Å². The van der Waals surface area contributed by atoms with E-state index in [1.54, 1.807) is 37.3 Å². The number of carbonyl (C=O) groups is 1. The van der Waals surface area contributed by atoms with Gasteiger partial charge in [-0.15, -0.1) is 4.52 Å². The van der Waals surface area contributed by atoms with Gasteiger partial charge in [0.25, 0.3) is 0 Å². The lowest BCUT2D eigenvalue weighted by molar-refractivity contribution is -0.144. The van der Waals surface area contributed by atoms with Crippen molar-refractivity contribution in [3.8, 4) is 5.75 Å². The van der Waals surface area contributed by atoms with Crippen LogP contribution in [0.25, 0.3) is 5.52 Å². The number of nitrogens with one attached hydrogen (secondary N) is 1. The molecule has 1 aliphatic heterocycles. The molecule has 0 spiro atoms. The first kappa shape index (κ1) is 31.5. The molecular formula is C27H36FN5O8P+. The normalized spacial score (nSPS) is 23.1. The molecule has 228 valence electrons. The maximum atomic E-state index is 14.4. The predicted molar refractivity (Wildman–Crippen MR) is 151 cm³/mol. The molecule has 1 fully saturated rings. The van der Waals surface area contributed by atoms with Crippen LogP contribution in [-0.2, 0) is 23.4 Å². The second-order valence-corrected chi connectivity index (χ2v) is 10.9. The number of para-hydroxylation sites is 2. The van der Waals surface area contributed by atoms with Crippen molar-refractivity contribution in [1.29, 1.82) is 0 Å². The van der Waals surface area contributed by atoms with Gasteiger partial charge >= 0.3 is 14.2 Å². The number of aliphatic hydroxyl groups excluding tert-OH is 2. The van der Waals surface area contributed by atoms with Gasteiger partial charge in [0.1, 0.15) is 49.5 Å². The number of carbonyl (C=O) groups excluding carboxylic acids is 1. The van der Waals surface area contributed by atoms with Gasteiger partial charge in [-0.3, -0.25) is 0 Å². The van der Waals surface area contributed by atoms with Gasteiger partial charge in [-0.25, -0.2) is 23.2 Å². The number of aromatic nitrogens is 3. The first-order valence-electron chi connectivity index (χ1n) is 13.7. The molecule has 3 aromatic rings. The third-order valence-electron chi connectivity index (χ3n) is 7.01. The molecule has 0 amide bonds. The number of unbranched alkanes of at least 4 members (excludes halogenated alkanes) is 3. The zero-order valence-corrected chi connectivity index (χ0v) is 24.3. The van der Waals surface area contributed by atoms with Gasteiger partial charge < -0.3 is 30.7 Å². The number of rotatable bonds is 15. The van der Waals surface area contributed by atoms with E-state index >= 15 is 0 Å². The Morgan fingerprint density at radius 2 is 2.05 bits per heavy atom. The first-order chi connectivity index (χ1) is 20.2. The molecule has 0 saturated carbocycles. The number of hydrogen-bond donors (Lipinski definition) is 4. The fraction of sp³-hybridized carbons (Fsp3) is 0.519. The van der Waals surface area contributed by atoms with Crippen LogP contribution in [0, 0.1) is 0 Å². The average Bonchev–Trinajstić information content (AvgIpc) is 3.52. The Kier molecular flexibility index (Phi) is 10.6. The molecule has 13 nitrogen and oxygen atoms in total. The second kappa shape index (κ2) is 14.2. The lowest BCUT2D eigenvalue weighted by Gasteiger charge is -2.26. The Bertz CT molecular complexity index is 1380. The standard InChI is InChI=1S/C27H36FN5O8P/c1-3-4-5-8-13-38-26(36)17(2)32-18-9-6-7-10-21(18)41-42(37)39-15-27(14-28)24(35)22(34)23(40-27)19-11-12-20-25(29)30-16-31-33(19)20/h6-7,9-12,16-17,22-24,32,34-35H,3-5,8,13-15H2,1-2H3,(H2,29,30,31)/q+1/t17-,22-,23-,24-,27+/m0/s1. The van der Waals surface area contributed by atoms with Crippen molar-refractivity contribution < 1.29 is 42.5 Å². The average molecular weight is 609 g/mol. The predicted octanol–water partition coefficient (Wildman–Crippen LogP) is 3.49. The molecular weight excluding hydrogens is 572 g/mol. The lowest BCUT2D eigenvalue weighted by Crippen LogP contribution is -2.48. The maximum Gasteiger partial charge on any atom is 0.750 e. The van der Waals surface area contributed by atoms with Crippen molar-refractivity contribution >= 4 is 31.2 Å². The topological polar surface area (TPSA) is 180 Å². The summed E-state index contributed by atoms with van der Waals surface area (Å²) >= 11 is 0. The van der Waals surface area contributed by atoms with Crippen molar-refractivity contribution in [3.05, 3.63) is 48.4 Å². The van der Waals surface area contributed by atoms with Crippen LogP contribution >= 0.6 is 8.25 Å². The molecule has 15 heteroatoms. The highest BCUT2D eigenvalue weighted by Gasteiger charge is 2.57. The maximum absolute atomic E-state index is 14.4. The van der Waals surface area contributed by atoms with Gasteiger partial charge in [-0.2, -0.15) is 5.10 Å². The quantitative estimate of drug-likeness (QED) is 0.112. The summed E-state index contributed by atoms with van der Waals surface area (Å²) in [5.41, 5.74) is 4.91. The number of ether oxygens (including phenoxy) is 2. The van der Waals surface area contributed by atoms with Crippen LogP contribution in [-0.4, -0.2) is 74.5 Å². The number of esters is 1. The van der Waals surface area contributed by atoms with Gasteiger partial charge in [0.05, 0.1) is 18.0 Å². The summed E-state index contributed by atoms with van der Waals surface area (Å²) in [6.07, 6.45) is 0.634. The van der Waals surface area contributed by atoms with Gasteiger partial charge in [0.15, 0.2) is 11.4 Å². The van der Waals surface area contributed by atoms with Crippen molar-refractivity contribution in [2.24, 2.45) is 0 Å². The number of benzene rings is 1. The van der Waals surface area contributed by atoms with E-state index in [1.165, 1.54) is 16.9 Å². The fourth-order valence-corrected chi connectivity index (χ4v) is 5.31. The smallest absolute Gasteiger partial charge is 0.464 e. The molecule has 0 bridgehead atoms. The molecule has 4 rings (SSSR count). The highest BCUT2D eigenvalue weighted by molar-refractivity contribution is 7.33. The molecule has 0 aliphatic carbocycles. The van der Waals surface area contributed by atoms with E-state index in [-0.39, 0.29) is 11.6 Å². The van der Waals surface area contributed by atoms with E-state index in [9.17, 15) is 24.0 Å². The first-order valence-corrected chi connectivity index (χ1v) is 14.8. The van der Waals surface area contributed by atoms with Crippen LogP contribution in [0.3, 0.4) is 0 Å².